The smallest absolute Gasteiger partial charge is 0.305 e. The molecule has 1 atom stereocenters. The quantitative estimate of drug-likeness (QED) is 0.336. The van der Waals surface area contributed by atoms with Crippen molar-refractivity contribution in [2.75, 3.05) is 33.8 Å². The Balaban J connectivity index is 1.63. The summed E-state index contributed by atoms with van der Waals surface area (Å²) >= 11 is 0. The van der Waals surface area contributed by atoms with Crippen molar-refractivity contribution >= 4 is 11.9 Å². The summed E-state index contributed by atoms with van der Waals surface area (Å²) in [6, 6.07) is 0. The van der Waals surface area contributed by atoms with Crippen LogP contribution in [0.4, 0.5) is 0 Å². The third-order valence-corrected chi connectivity index (χ3v) is 4.71. The van der Waals surface area contributed by atoms with E-state index in [1.807, 2.05) is 25.0 Å². The van der Waals surface area contributed by atoms with Gasteiger partial charge in [0.2, 0.25) is 0 Å². The summed E-state index contributed by atoms with van der Waals surface area (Å²) in [5.41, 5.74) is 1.31. The summed E-state index contributed by atoms with van der Waals surface area (Å²) in [7, 11) is 5.24. The zero-order chi connectivity index (χ0) is 18.1. The number of hydrogen-bond donors (Lipinski definition) is 1. The van der Waals surface area contributed by atoms with Crippen LogP contribution in [0.1, 0.15) is 50.0 Å². The van der Waals surface area contributed by atoms with Crippen molar-refractivity contribution in [3.05, 3.63) is 18.0 Å². The zero-order valence-electron chi connectivity index (χ0n) is 15.7. The normalized spacial score (nSPS) is 17.8. The highest BCUT2D eigenvalue weighted by molar-refractivity contribution is 5.80. The van der Waals surface area contributed by atoms with Gasteiger partial charge in [0.05, 0.1) is 13.3 Å². The minimum Gasteiger partial charge on any atom is -0.469 e. The lowest BCUT2D eigenvalue weighted by atomic mass is 10.0. The third kappa shape index (κ3) is 6.07. The van der Waals surface area contributed by atoms with Crippen LogP contribution in [0.15, 0.2) is 17.4 Å². The number of aryl methyl sites for hydroxylation is 1. The van der Waals surface area contributed by atoms with Crippen LogP contribution in [0.5, 0.6) is 0 Å². The number of ether oxygens (including phenoxy) is 1. The molecule has 2 heterocycles. The number of nitrogens with one attached hydrogen (secondary N) is 1. The summed E-state index contributed by atoms with van der Waals surface area (Å²) in [6.45, 7) is 2.93. The number of carbonyl (C=O) groups excluding carboxylic acids is 1. The maximum absolute atomic E-state index is 11.0. The lowest BCUT2D eigenvalue weighted by Gasteiger charge is -2.21. The van der Waals surface area contributed by atoms with Crippen molar-refractivity contribution in [2.24, 2.45) is 12.0 Å². The van der Waals surface area contributed by atoms with Crippen molar-refractivity contribution in [2.45, 2.75) is 44.4 Å². The number of aromatic nitrogens is 2. The highest BCUT2D eigenvalue weighted by Crippen LogP contribution is 2.26. The van der Waals surface area contributed by atoms with Crippen molar-refractivity contribution in [3.8, 4) is 0 Å². The van der Waals surface area contributed by atoms with Crippen LogP contribution in [0, 0.1) is 0 Å². The molecule has 1 aromatic heterocycles. The number of hydrogen-bond acceptors (Lipinski definition) is 4. The lowest BCUT2D eigenvalue weighted by molar-refractivity contribution is -0.140. The Morgan fingerprint density at radius 3 is 2.88 bits per heavy atom. The highest BCUT2D eigenvalue weighted by atomic mass is 16.5. The molecule has 7 heteroatoms. The molecule has 1 aromatic rings. The van der Waals surface area contributed by atoms with E-state index < -0.39 is 0 Å². The van der Waals surface area contributed by atoms with E-state index in [9.17, 15) is 4.79 Å². The molecule has 0 aliphatic carbocycles. The van der Waals surface area contributed by atoms with Crippen molar-refractivity contribution < 1.29 is 9.53 Å². The molecule has 0 bridgehead atoms. The van der Waals surface area contributed by atoms with E-state index in [-0.39, 0.29) is 5.97 Å². The molecule has 2 rings (SSSR count). The Morgan fingerprint density at radius 1 is 1.40 bits per heavy atom. The van der Waals surface area contributed by atoms with Gasteiger partial charge in [-0.05, 0) is 24.8 Å². The SMILES string of the molecule is CN=C(NCCCCCCC(=O)OC)N1CCC(c2cnn(C)c2)C1. The van der Waals surface area contributed by atoms with Gasteiger partial charge in [0, 0.05) is 52.3 Å². The Labute approximate surface area is 150 Å². The van der Waals surface area contributed by atoms with E-state index in [1.54, 1.807) is 0 Å². The lowest BCUT2D eigenvalue weighted by Crippen LogP contribution is -2.40. The summed E-state index contributed by atoms with van der Waals surface area (Å²) in [5.74, 6) is 1.40. The number of esters is 1. The number of rotatable bonds is 8. The fourth-order valence-electron chi connectivity index (χ4n) is 3.26. The molecule has 1 aliphatic rings. The van der Waals surface area contributed by atoms with E-state index >= 15 is 0 Å². The van der Waals surface area contributed by atoms with Gasteiger partial charge in [-0.15, -0.1) is 0 Å². The molecule has 0 aromatic carbocycles. The largest absolute Gasteiger partial charge is 0.469 e. The van der Waals surface area contributed by atoms with Crippen LogP contribution >= 0.6 is 0 Å². The molecule has 1 unspecified atom stereocenters. The monoisotopic (exact) mass is 349 g/mol. The first-order valence-electron chi connectivity index (χ1n) is 9.15. The topological polar surface area (TPSA) is 71.8 Å². The molecule has 7 nitrogen and oxygen atoms in total. The van der Waals surface area contributed by atoms with Gasteiger partial charge in [-0.25, -0.2) is 0 Å². The third-order valence-electron chi connectivity index (χ3n) is 4.71. The van der Waals surface area contributed by atoms with Crippen LogP contribution < -0.4 is 5.32 Å². The van der Waals surface area contributed by atoms with Gasteiger partial charge in [-0.3, -0.25) is 14.5 Å². The van der Waals surface area contributed by atoms with Crippen LogP contribution in [-0.2, 0) is 16.6 Å². The molecule has 0 amide bonds. The summed E-state index contributed by atoms with van der Waals surface area (Å²) < 4.78 is 6.51. The Kier molecular flexibility index (Phi) is 7.76. The molecule has 1 N–H and O–H groups in total. The molecule has 1 saturated heterocycles. The number of methoxy groups -OCH3 is 1. The maximum atomic E-state index is 11.0. The minimum atomic E-state index is -0.115. The number of likely N-dealkylation sites (tertiary alicyclic amines) is 1. The first-order chi connectivity index (χ1) is 12.1. The first kappa shape index (κ1) is 19.3. The van der Waals surface area contributed by atoms with Gasteiger partial charge < -0.3 is 15.0 Å². The predicted octanol–water partition coefficient (Wildman–Crippen LogP) is 1.91. The minimum absolute atomic E-state index is 0.115. The summed E-state index contributed by atoms with van der Waals surface area (Å²) in [5, 5.41) is 7.74. The zero-order valence-corrected chi connectivity index (χ0v) is 15.7. The van der Waals surface area contributed by atoms with E-state index in [0.29, 0.717) is 12.3 Å². The molecule has 1 fully saturated rings. The highest BCUT2D eigenvalue weighted by Gasteiger charge is 2.26. The molecular formula is C18H31N5O2. The molecule has 140 valence electrons. The Morgan fingerprint density at radius 2 is 2.20 bits per heavy atom. The summed E-state index contributed by atoms with van der Waals surface area (Å²) in [6.07, 6.45) is 9.90. The molecular weight excluding hydrogens is 318 g/mol. The van der Waals surface area contributed by atoms with Crippen LogP contribution in [0.2, 0.25) is 0 Å². The van der Waals surface area contributed by atoms with E-state index in [4.69, 9.17) is 0 Å². The van der Waals surface area contributed by atoms with E-state index in [0.717, 1.165) is 57.7 Å². The maximum Gasteiger partial charge on any atom is 0.305 e. The van der Waals surface area contributed by atoms with Crippen LogP contribution in [0.25, 0.3) is 0 Å². The molecule has 1 aliphatic heterocycles. The second kappa shape index (κ2) is 10.1. The second-order valence-corrected chi connectivity index (χ2v) is 6.59. The van der Waals surface area contributed by atoms with E-state index in [2.05, 4.69) is 31.2 Å². The van der Waals surface area contributed by atoms with Gasteiger partial charge in [0.1, 0.15) is 0 Å². The molecule has 25 heavy (non-hydrogen) atoms. The van der Waals surface area contributed by atoms with Crippen LogP contribution in [0.3, 0.4) is 0 Å². The number of carbonyl (C=O) groups is 1. The average molecular weight is 349 g/mol. The van der Waals surface area contributed by atoms with Crippen molar-refractivity contribution in [3.63, 3.8) is 0 Å². The molecule has 0 saturated carbocycles. The number of guanidine groups is 1. The fourth-order valence-corrected chi connectivity index (χ4v) is 3.26. The van der Waals surface area contributed by atoms with Crippen molar-refractivity contribution in [1.29, 1.82) is 0 Å². The Hall–Kier alpha value is -2.05. The van der Waals surface area contributed by atoms with Gasteiger partial charge in [-0.1, -0.05) is 12.8 Å². The van der Waals surface area contributed by atoms with Gasteiger partial charge in [-0.2, -0.15) is 5.10 Å². The predicted molar refractivity (Wildman–Crippen MR) is 98.6 cm³/mol. The van der Waals surface area contributed by atoms with Crippen molar-refractivity contribution in [1.82, 2.24) is 20.0 Å². The second-order valence-electron chi connectivity index (χ2n) is 6.59. The van der Waals surface area contributed by atoms with Gasteiger partial charge in [0.25, 0.3) is 0 Å². The molecule has 0 spiro atoms. The van der Waals surface area contributed by atoms with E-state index in [1.165, 1.54) is 12.7 Å². The van der Waals surface area contributed by atoms with Gasteiger partial charge >= 0.3 is 5.97 Å². The number of unbranched alkanes of at least 4 members (excludes halogenated alkanes) is 3. The fraction of sp³-hybridized carbons (Fsp3) is 0.722. The standard InChI is InChI=1S/C18H31N5O2/c1-19-18(20-10-7-5-4-6-8-17(24)25-3)23-11-9-15(14-23)16-12-21-22(2)13-16/h12-13,15H,4-11,14H2,1-3H3,(H,19,20). The molecule has 0 radical (unpaired) electrons. The average Bonchev–Trinajstić information content (AvgIpc) is 3.26. The number of nitrogens with zero attached hydrogens (tertiary/aromatic N) is 4. The van der Waals surface area contributed by atoms with Gasteiger partial charge in [0.15, 0.2) is 5.96 Å². The Bertz CT molecular complexity index is 570. The first-order valence-corrected chi connectivity index (χ1v) is 9.15. The van der Waals surface area contributed by atoms with Crippen LogP contribution in [-0.4, -0.2) is 60.4 Å². The summed E-state index contributed by atoms with van der Waals surface area (Å²) in [4.78, 5) is 17.8. The number of aliphatic imine (C=N–C) groups is 1.